The first kappa shape index (κ1) is 14.7. The molecule has 1 aliphatic carbocycles. The van der Waals surface area contributed by atoms with Crippen molar-refractivity contribution in [1.82, 2.24) is 0 Å². The van der Waals surface area contributed by atoms with Crippen LogP contribution in [0.4, 0.5) is 0 Å². The molecule has 2 rings (SSSR count). The summed E-state index contributed by atoms with van der Waals surface area (Å²) in [6, 6.07) is 10.6. The van der Waals surface area contributed by atoms with Gasteiger partial charge >= 0.3 is 0 Å². The molecule has 0 spiro atoms. The molecule has 104 valence electrons. The summed E-state index contributed by atoms with van der Waals surface area (Å²) in [5.74, 6) is 2.28. The molecule has 0 radical (unpaired) electrons. The molecule has 0 fully saturated rings. The molecule has 0 amide bonds. The fourth-order valence-electron chi connectivity index (χ4n) is 2.69. The topological polar surface area (TPSA) is 20.2 Å². The highest BCUT2D eigenvalue weighted by atomic mass is 32.2. The Hall–Kier alpha value is -0.730. The summed E-state index contributed by atoms with van der Waals surface area (Å²) in [5.41, 5.74) is 4.17. The molecule has 1 aromatic rings. The fraction of sp³-hybridized carbons (Fsp3) is 0.529. The number of allylic oxidation sites excluding steroid dienone is 1. The lowest BCUT2D eigenvalue weighted by Gasteiger charge is -2.23. The number of thioether (sulfide) groups is 1. The van der Waals surface area contributed by atoms with Crippen LogP contribution in [-0.2, 0) is 5.75 Å². The number of aliphatic hydroxyl groups excluding tert-OH is 1. The van der Waals surface area contributed by atoms with Crippen molar-refractivity contribution in [1.29, 1.82) is 0 Å². The molecule has 0 aliphatic heterocycles. The molecule has 1 aliphatic rings. The maximum Gasteiger partial charge on any atom is 0.0752 e. The first-order valence-corrected chi connectivity index (χ1v) is 8.41. The summed E-state index contributed by atoms with van der Waals surface area (Å²) in [5, 5.41) is 10.0. The van der Waals surface area contributed by atoms with E-state index in [1.807, 2.05) is 11.8 Å². The Morgan fingerprint density at radius 2 is 2.05 bits per heavy atom. The number of hydrogen-bond donors (Lipinski definition) is 1. The lowest BCUT2D eigenvalue weighted by atomic mass is 9.88. The van der Waals surface area contributed by atoms with E-state index < -0.39 is 0 Å². The predicted molar refractivity (Wildman–Crippen MR) is 84.4 cm³/mol. The molecule has 19 heavy (non-hydrogen) atoms. The fourth-order valence-corrected chi connectivity index (χ4v) is 3.61. The molecule has 0 saturated heterocycles. The van der Waals surface area contributed by atoms with E-state index in [2.05, 4.69) is 37.3 Å². The number of aliphatic hydroxyl groups is 1. The maximum atomic E-state index is 10.0. The number of benzene rings is 1. The van der Waals surface area contributed by atoms with E-state index in [4.69, 9.17) is 0 Å². The van der Waals surface area contributed by atoms with Crippen molar-refractivity contribution < 1.29 is 5.11 Å². The second-order valence-electron chi connectivity index (χ2n) is 5.36. The SMILES string of the molecule is CC1=C(CCCSCc2ccccc2)C(O)CCC1. The van der Waals surface area contributed by atoms with Gasteiger partial charge in [0, 0.05) is 5.75 Å². The van der Waals surface area contributed by atoms with Crippen molar-refractivity contribution in [2.24, 2.45) is 0 Å². The zero-order valence-electron chi connectivity index (χ0n) is 11.8. The minimum absolute atomic E-state index is 0.159. The van der Waals surface area contributed by atoms with Crippen molar-refractivity contribution in [2.45, 2.75) is 50.9 Å². The van der Waals surface area contributed by atoms with E-state index in [0.29, 0.717) is 0 Å². The van der Waals surface area contributed by atoms with Crippen LogP contribution in [0.1, 0.15) is 44.6 Å². The van der Waals surface area contributed by atoms with Crippen LogP contribution in [0, 0.1) is 0 Å². The molecule has 2 heteroatoms. The largest absolute Gasteiger partial charge is 0.389 e. The predicted octanol–water partition coefficient (Wildman–Crippen LogP) is 4.56. The van der Waals surface area contributed by atoms with Crippen LogP contribution >= 0.6 is 11.8 Å². The standard InChI is InChI=1S/C17H24OS/c1-14-7-5-11-17(18)16(14)10-6-12-19-13-15-8-3-2-4-9-15/h2-4,8-9,17-18H,5-7,10-13H2,1H3. The molecular weight excluding hydrogens is 252 g/mol. The van der Waals surface area contributed by atoms with Gasteiger partial charge in [-0.2, -0.15) is 11.8 Å². The van der Waals surface area contributed by atoms with Crippen molar-refractivity contribution in [3.05, 3.63) is 47.0 Å². The molecule has 1 N–H and O–H groups in total. The molecule has 0 heterocycles. The quantitative estimate of drug-likeness (QED) is 0.607. The smallest absolute Gasteiger partial charge is 0.0752 e. The Labute approximate surface area is 121 Å². The second kappa shape index (κ2) is 7.76. The normalized spacial score (nSPS) is 19.8. The Morgan fingerprint density at radius 3 is 2.79 bits per heavy atom. The molecule has 0 bridgehead atoms. The summed E-state index contributed by atoms with van der Waals surface area (Å²) < 4.78 is 0. The van der Waals surface area contributed by atoms with E-state index >= 15 is 0 Å². The van der Waals surface area contributed by atoms with Gasteiger partial charge in [0.05, 0.1) is 6.10 Å². The van der Waals surface area contributed by atoms with Crippen LogP contribution in [0.2, 0.25) is 0 Å². The number of rotatable bonds is 6. The molecule has 1 unspecified atom stereocenters. The number of hydrogen-bond acceptors (Lipinski definition) is 2. The van der Waals surface area contributed by atoms with E-state index in [0.717, 1.165) is 25.0 Å². The average Bonchev–Trinajstić information content (AvgIpc) is 2.42. The van der Waals surface area contributed by atoms with E-state index in [9.17, 15) is 5.11 Å². The highest BCUT2D eigenvalue weighted by Gasteiger charge is 2.17. The Kier molecular flexibility index (Phi) is 5.99. The summed E-state index contributed by atoms with van der Waals surface area (Å²) in [7, 11) is 0. The van der Waals surface area contributed by atoms with E-state index in [1.54, 1.807) is 0 Å². The third-order valence-electron chi connectivity index (χ3n) is 3.83. The zero-order chi connectivity index (χ0) is 13.5. The average molecular weight is 276 g/mol. The van der Waals surface area contributed by atoms with E-state index in [-0.39, 0.29) is 6.10 Å². The highest BCUT2D eigenvalue weighted by molar-refractivity contribution is 7.98. The Bertz CT molecular complexity index is 411. The molecule has 1 aromatic carbocycles. The van der Waals surface area contributed by atoms with E-state index in [1.165, 1.54) is 35.3 Å². The summed E-state index contributed by atoms with van der Waals surface area (Å²) in [6.45, 7) is 2.19. The maximum absolute atomic E-state index is 10.0. The third-order valence-corrected chi connectivity index (χ3v) is 4.94. The lowest BCUT2D eigenvalue weighted by molar-refractivity contribution is 0.184. The second-order valence-corrected chi connectivity index (χ2v) is 6.46. The third kappa shape index (κ3) is 4.70. The zero-order valence-corrected chi connectivity index (χ0v) is 12.6. The van der Waals surface area contributed by atoms with Gasteiger partial charge in [0.15, 0.2) is 0 Å². The summed E-state index contributed by atoms with van der Waals surface area (Å²) in [4.78, 5) is 0. The molecular formula is C17H24OS. The van der Waals surface area contributed by atoms with Crippen LogP contribution in [0.3, 0.4) is 0 Å². The minimum Gasteiger partial charge on any atom is -0.389 e. The van der Waals surface area contributed by atoms with Crippen LogP contribution in [0.5, 0.6) is 0 Å². The van der Waals surface area contributed by atoms with Gasteiger partial charge < -0.3 is 5.11 Å². The molecule has 1 atom stereocenters. The summed E-state index contributed by atoms with van der Waals surface area (Å²) in [6.07, 6.45) is 5.40. The van der Waals surface area contributed by atoms with Gasteiger partial charge in [-0.3, -0.25) is 0 Å². The van der Waals surface area contributed by atoms with Gasteiger partial charge in [-0.05, 0) is 55.9 Å². The van der Waals surface area contributed by atoms with Crippen LogP contribution in [-0.4, -0.2) is 17.0 Å². The van der Waals surface area contributed by atoms with Gasteiger partial charge in [0.25, 0.3) is 0 Å². The molecule has 0 saturated carbocycles. The molecule has 0 aromatic heterocycles. The highest BCUT2D eigenvalue weighted by Crippen LogP contribution is 2.28. The van der Waals surface area contributed by atoms with Gasteiger partial charge in [-0.25, -0.2) is 0 Å². The minimum atomic E-state index is -0.159. The lowest BCUT2D eigenvalue weighted by Crippen LogP contribution is -2.16. The van der Waals surface area contributed by atoms with Crippen molar-refractivity contribution in [3.8, 4) is 0 Å². The Balaban J connectivity index is 1.67. The van der Waals surface area contributed by atoms with Gasteiger partial charge in [0.1, 0.15) is 0 Å². The monoisotopic (exact) mass is 276 g/mol. The van der Waals surface area contributed by atoms with Crippen molar-refractivity contribution in [2.75, 3.05) is 5.75 Å². The van der Waals surface area contributed by atoms with Gasteiger partial charge in [-0.1, -0.05) is 35.9 Å². The van der Waals surface area contributed by atoms with Crippen molar-refractivity contribution >= 4 is 11.8 Å². The van der Waals surface area contributed by atoms with Gasteiger partial charge in [-0.15, -0.1) is 0 Å². The summed E-state index contributed by atoms with van der Waals surface area (Å²) >= 11 is 1.99. The Morgan fingerprint density at radius 1 is 1.26 bits per heavy atom. The van der Waals surface area contributed by atoms with Crippen LogP contribution < -0.4 is 0 Å². The first-order chi connectivity index (χ1) is 9.27. The first-order valence-electron chi connectivity index (χ1n) is 7.25. The van der Waals surface area contributed by atoms with Crippen LogP contribution in [0.25, 0.3) is 0 Å². The van der Waals surface area contributed by atoms with Crippen LogP contribution in [0.15, 0.2) is 41.5 Å². The molecule has 1 nitrogen and oxygen atoms in total. The van der Waals surface area contributed by atoms with Crippen molar-refractivity contribution in [3.63, 3.8) is 0 Å². The van der Waals surface area contributed by atoms with Gasteiger partial charge in [0.2, 0.25) is 0 Å².